The number of anilines is 1. The number of carbonyl (C=O) groups is 2. The molecule has 1 aromatic heterocycles. The summed E-state index contributed by atoms with van der Waals surface area (Å²) in [6.07, 6.45) is 9.73. The van der Waals surface area contributed by atoms with Crippen molar-refractivity contribution in [1.29, 1.82) is 0 Å². The second kappa shape index (κ2) is 14.3. The Bertz CT molecular complexity index is 1240. The molecule has 1 aliphatic rings. The number of nitrogens with one attached hydrogen (secondary N) is 2. The molecule has 0 saturated heterocycles. The molecule has 1 saturated carbocycles. The van der Waals surface area contributed by atoms with Crippen LogP contribution in [0.3, 0.4) is 0 Å². The maximum absolute atomic E-state index is 13.5. The molecule has 3 aromatic rings. The van der Waals surface area contributed by atoms with E-state index in [9.17, 15) is 18.4 Å². The molecule has 39 heavy (non-hydrogen) atoms. The number of benzene rings is 2. The molecule has 1 atom stereocenters. The predicted molar refractivity (Wildman–Crippen MR) is 149 cm³/mol. The van der Waals surface area contributed by atoms with Crippen LogP contribution in [0.5, 0.6) is 0 Å². The lowest BCUT2D eigenvalue weighted by atomic mass is 9.97. The van der Waals surface area contributed by atoms with E-state index >= 15 is 0 Å². The van der Waals surface area contributed by atoms with Gasteiger partial charge in [0.25, 0.3) is 0 Å². The summed E-state index contributed by atoms with van der Waals surface area (Å²) in [6, 6.07) is 10.2. The highest BCUT2D eigenvalue weighted by Gasteiger charge is 2.22. The maximum atomic E-state index is 13.5. The minimum absolute atomic E-state index is 0.204. The molecule has 4 rings (SSSR count). The van der Waals surface area contributed by atoms with Gasteiger partial charge in [-0.25, -0.2) is 13.8 Å². The van der Waals surface area contributed by atoms with Crippen molar-refractivity contribution in [2.45, 2.75) is 83.5 Å². The van der Waals surface area contributed by atoms with Gasteiger partial charge in [-0.15, -0.1) is 0 Å². The lowest BCUT2D eigenvalue weighted by Crippen LogP contribution is -2.44. The number of hydrogen-bond donors (Lipinski definition) is 2. The SMILES string of the molecule is CCCC[C@H](NC(=O)Cc1cc(F)cc(F)c1)C(=O)Nc1ncc(-c2ccccc2COC2CCCCC2)s1. The van der Waals surface area contributed by atoms with E-state index in [0.717, 1.165) is 59.9 Å². The Labute approximate surface area is 232 Å². The van der Waals surface area contributed by atoms with Crippen molar-refractivity contribution in [3.8, 4) is 10.4 Å². The van der Waals surface area contributed by atoms with Gasteiger partial charge < -0.3 is 15.4 Å². The van der Waals surface area contributed by atoms with E-state index in [1.807, 2.05) is 25.1 Å². The van der Waals surface area contributed by atoms with Gasteiger partial charge in [-0.1, -0.05) is 74.6 Å². The lowest BCUT2D eigenvalue weighted by molar-refractivity contribution is -0.126. The van der Waals surface area contributed by atoms with Crippen LogP contribution in [-0.2, 0) is 27.4 Å². The smallest absolute Gasteiger partial charge is 0.248 e. The Kier molecular flexibility index (Phi) is 10.6. The average molecular weight is 556 g/mol. The van der Waals surface area contributed by atoms with Crippen molar-refractivity contribution in [2.75, 3.05) is 5.32 Å². The number of rotatable bonds is 12. The quantitative estimate of drug-likeness (QED) is 0.258. The van der Waals surface area contributed by atoms with E-state index in [1.165, 1.54) is 30.6 Å². The maximum Gasteiger partial charge on any atom is 0.248 e. The minimum Gasteiger partial charge on any atom is -0.374 e. The Morgan fingerprint density at radius 1 is 1.10 bits per heavy atom. The molecule has 208 valence electrons. The molecule has 1 heterocycles. The van der Waals surface area contributed by atoms with E-state index in [4.69, 9.17) is 4.74 Å². The number of ether oxygens (including phenoxy) is 1. The normalized spacial score (nSPS) is 14.6. The summed E-state index contributed by atoms with van der Waals surface area (Å²) in [5.74, 6) is -2.36. The highest BCUT2D eigenvalue weighted by atomic mass is 32.1. The molecule has 0 bridgehead atoms. The molecule has 2 N–H and O–H groups in total. The molecule has 1 aliphatic carbocycles. The Hall–Kier alpha value is -3.17. The van der Waals surface area contributed by atoms with Gasteiger partial charge >= 0.3 is 0 Å². The van der Waals surface area contributed by atoms with E-state index < -0.39 is 23.6 Å². The van der Waals surface area contributed by atoms with Crippen LogP contribution in [0.4, 0.5) is 13.9 Å². The van der Waals surface area contributed by atoms with Crippen LogP contribution in [-0.4, -0.2) is 28.9 Å². The number of carbonyl (C=O) groups excluding carboxylic acids is 2. The predicted octanol–water partition coefficient (Wildman–Crippen LogP) is 6.79. The number of aromatic nitrogens is 1. The summed E-state index contributed by atoms with van der Waals surface area (Å²) in [5.41, 5.74) is 2.30. The van der Waals surface area contributed by atoms with Gasteiger partial charge in [-0.05, 0) is 48.1 Å². The van der Waals surface area contributed by atoms with E-state index in [1.54, 1.807) is 6.20 Å². The Morgan fingerprint density at radius 3 is 2.59 bits per heavy atom. The molecule has 0 spiro atoms. The molecular formula is C30H35F2N3O3S. The van der Waals surface area contributed by atoms with Gasteiger partial charge in [-0.3, -0.25) is 9.59 Å². The molecule has 0 aliphatic heterocycles. The standard InChI is InChI=1S/C30H35F2N3O3S/c1-2-3-13-26(34-28(36)16-20-14-22(31)17-23(32)15-20)29(37)35-30-33-18-27(39-30)25-12-8-7-9-21(25)19-38-24-10-5-4-6-11-24/h7-9,12,14-15,17-18,24,26H,2-6,10-11,13,16,19H2,1H3,(H,34,36)(H,33,35,37)/t26-/m0/s1. The van der Waals surface area contributed by atoms with Gasteiger partial charge in [0.15, 0.2) is 5.13 Å². The van der Waals surface area contributed by atoms with Crippen molar-refractivity contribution >= 4 is 28.3 Å². The topological polar surface area (TPSA) is 80.3 Å². The van der Waals surface area contributed by atoms with Crippen molar-refractivity contribution in [1.82, 2.24) is 10.3 Å². The second-order valence-corrected chi connectivity index (χ2v) is 11.0. The third-order valence-electron chi connectivity index (χ3n) is 6.83. The van der Waals surface area contributed by atoms with Gasteiger partial charge in [0.05, 0.1) is 24.0 Å². The van der Waals surface area contributed by atoms with E-state index in [0.29, 0.717) is 24.3 Å². The molecule has 2 aromatic carbocycles. The average Bonchev–Trinajstić information content (AvgIpc) is 3.38. The van der Waals surface area contributed by atoms with Crippen LogP contribution in [0.15, 0.2) is 48.7 Å². The fourth-order valence-electron chi connectivity index (χ4n) is 4.80. The summed E-state index contributed by atoms with van der Waals surface area (Å²) in [4.78, 5) is 31.0. The van der Waals surface area contributed by atoms with Gasteiger partial charge in [0.1, 0.15) is 17.7 Å². The molecule has 0 unspecified atom stereocenters. The van der Waals surface area contributed by atoms with Crippen LogP contribution in [0.25, 0.3) is 10.4 Å². The molecule has 6 nitrogen and oxygen atoms in total. The summed E-state index contributed by atoms with van der Waals surface area (Å²) < 4.78 is 33.2. The highest BCUT2D eigenvalue weighted by molar-refractivity contribution is 7.19. The second-order valence-electron chi connectivity index (χ2n) is 9.96. The van der Waals surface area contributed by atoms with Crippen LogP contribution < -0.4 is 10.6 Å². The van der Waals surface area contributed by atoms with Crippen LogP contribution in [0, 0.1) is 11.6 Å². The molecule has 9 heteroatoms. The number of unbranched alkanes of at least 4 members (excludes halogenated alkanes) is 1. The van der Waals surface area contributed by atoms with E-state index in [-0.39, 0.29) is 17.9 Å². The minimum atomic E-state index is -0.792. The summed E-state index contributed by atoms with van der Waals surface area (Å²) in [5, 5.41) is 5.98. The summed E-state index contributed by atoms with van der Waals surface area (Å²) >= 11 is 1.36. The van der Waals surface area contributed by atoms with Gasteiger partial charge in [0.2, 0.25) is 11.8 Å². The van der Waals surface area contributed by atoms with Gasteiger partial charge in [-0.2, -0.15) is 0 Å². The fourth-order valence-corrected chi connectivity index (χ4v) is 5.68. The van der Waals surface area contributed by atoms with Crippen LogP contribution in [0.2, 0.25) is 0 Å². The zero-order valence-corrected chi connectivity index (χ0v) is 23.0. The number of hydrogen-bond acceptors (Lipinski definition) is 5. The fraction of sp³-hybridized carbons (Fsp3) is 0.433. The summed E-state index contributed by atoms with van der Waals surface area (Å²) in [6.45, 7) is 2.52. The first-order valence-corrected chi connectivity index (χ1v) is 14.4. The van der Waals surface area contributed by atoms with Crippen LogP contribution >= 0.6 is 11.3 Å². The Balaban J connectivity index is 1.39. The third kappa shape index (κ3) is 8.66. The molecular weight excluding hydrogens is 520 g/mol. The zero-order valence-electron chi connectivity index (χ0n) is 22.2. The van der Waals surface area contributed by atoms with Gasteiger partial charge in [0, 0.05) is 12.3 Å². The summed E-state index contributed by atoms with van der Waals surface area (Å²) in [7, 11) is 0. The largest absolute Gasteiger partial charge is 0.374 e. The monoisotopic (exact) mass is 555 g/mol. The Morgan fingerprint density at radius 2 is 1.85 bits per heavy atom. The first-order valence-electron chi connectivity index (χ1n) is 13.6. The lowest BCUT2D eigenvalue weighted by Gasteiger charge is -2.22. The molecule has 1 fully saturated rings. The van der Waals surface area contributed by atoms with Crippen molar-refractivity contribution in [3.63, 3.8) is 0 Å². The van der Waals surface area contributed by atoms with Crippen molar-refractivity contribution in [3.05, 3.63) is 71.4 Å². The van der Waals surface area contributed by atoms with Crippen molar-refractivity contribution < 1.29 is 23.1 Å². The third-order valence-corrected chi connectivity index (χ3v) is 7.78. The highest BCUT2D eigenvalue weighted by Crippen LogP contribution is 2.32. The number of halogens is 2. The number of nitrogens with zero attached hydrogens (tertiary/aromatic N) is 1. The van der Waals surface area contributed by atoms with Crippen molar-refractivity contribution in [2.24, 2.45) is 0 Å². The van der Waals surface area contributed by atoms with E-state index in [2.05, 4.69) is 21.7 Å². The first-order chi connectivity index (χ1) is 18.9. The molecule has 2 amide bonds. The number of thiazole rings is 1. The molecule has 0 radical (unpaired) electrons. The zero-order chi connectivity index (χ0) is 27.6. The van der Waals surface area contributed by atoms with Crippen LogP contribution in [0.1, 0.15) is 69.4 Å². The number of amides is 2. The first kappa shape index (κ1) is 28.8.